The largest absolute Gasteiger partial charge is 0.348 e. The normalized spacial score (nSPS) is 14.5. The van der Waals surface area contributed by atoms with Crippen molar-refractivity contribution in [1.29, 1.82) is 0 Å². The third kappa shape index (κ3) is 6.18. The molecular formula is C33H33N7O. The summed E-state index contributed by atoms with van der Waals surface area (Å²) >= 11 is 0. The molecule has 41 heavy (non-hydrogen) atoms. The van der Waals surface area contributed by atoms with Gasteiger partial charge in [-0.05, 0) is 36.2 Å². The summed E-state index contributed by atoms with van der Waals surface area (Å²) in [6, 6.07) is 30.2. The van der Waals surface area contributed by atoms with Gasteiger partial charge >= 0.3 is 0 Å². The van der Waals surface area contributed by atoms with E-state index in [9.17, 15) is 4.79 Å². The maximum Gasteiger partial charge on any atom is 0.255 e. The average Bonchev–Trinajstić information content (AvgIpc) is 3.49. The zero-order chi connectivity index (χ0) is 28.0. The van der Waals surface area contributed by atoms with Gasteiger partial charge in [-0.25, -0.2) is 14.6 Å². The molecule has 5 aromatic rings. The molecule has 0 aliphatic carbocycles. The highest BCUT2D eigenvalue weighted by atomic mass is 16.1. The molecule has 0 radical (unpaired) electrons. The van der Waals surface area contributed by atoms with E-state index < -0.39 is 0 Å². The van der Waals surface area contributed by atoms with Gasteiger partial charge in [-0.3, -0.25) is 9.69 Å². The second kappa shape index (κ2) is 12.1. The predicted molar refractivity (Wildman–Crippen MR) is 162 cm³/mol. The Kier molecular flexibility index (Phi) is 7.82. The molecule has 6 rings (SSSR count). The minimum atomic E-state index is -0.127. The lowest BCUT2D eigenvalue weighted by Crippen LogP contribution is -2.51. The number of carbonyl (C=O) groups is 1. The second-order valence-corrected chi connectivity index (χ2v) is 10.3. The van der Waals surface area contributed by atoms with E-state index in [0.717, 1.165) is 61.0 Å². The smallest absolute Gasteiger partial charge is 0.255 e. The average molecular weight is 544 g/mol. The van der Waals surface area contributed by atoms with Gasteiger partial charge in [0.15, 0.2) is 0 Å². The van der Waals surface area contributed by atoms with E-state index in [-0.39, 0.29) is 11.9 Å². The SMILES string of the molecule is CC(CN1CCN(c2ncccn2)CC1)NC(=O)c1cn(-c2ccccc2)nc1-c1ccc(-c2ccccc2)cc1. The summed E-state index contributed by atoms with van der Waals surface area (Å²) in [5, 5.41) is 8.09. The van der Waals surface area contributed by atoms with Crippen LogP contribution in [0.4, 0.5) is 5.95 Å². The number of rotatable bonds is 8. The highest BCUT2D eigenvalue weighted by molar-refractivity contribution is 6.00. The molecule has 1 atom stereocenters. The van der Waals surface area contributed by atoms with Gasteiger partial charge in [-0.2, -0.15) is 5.10 Å². The molecule has 1 fully saturated rings. The van der Waals surface area contributed by atoms with E-state index >= 15 is 0 Å². The summed E-state index contributed by atoms with van der Waals surface area (Å²) in [5.41, 5.74) is 5.29. The minimum absolute atomic E-state index is 0.0320. The Balaban J connectivity index is 1.17. The molecule has 0 saturated carbocycles. The Morgan fingerprint density at radius 2 is 1.39 bits per heavy atom. The van der Waals surface area contributed by atoms with Crippen LogP contribution in [0.15, 0.2) is 110 Å². The first-order valence-corrected chi connectivity index (χ1v) is 14.0. The van der Waals surface area contributed by atoms with Gasteiger partial charge in [0.2, 0.25) is 5.95 Å². The Morgan fingerprint density at radius 1 is 0.780 bits per heavy atom. The summed E-state index contributed by atoms with van der Waals surface area (Å²) in [7, 11) is 0. The highest BCUT2D eigenvalue weighted by Gasteiger charge is 2.23. The topological polar surface area (TPSA) is 79.2 Å². The standard InChI is InChI=1S/C33H33N7O/c1-25(23-38-19-21-39(22-20-38)33-34-17-8-18-35-33)36-32(41)30-24-40(29-11-6-3-7-12-29)37-31(30)28-15-13-27(14-16-28)26-9-4-2-5-10-26/h2-18,24-25H,19-23H2,1H3,(H,36,41). The molecule has 1 aliphatic heterocycles. The number of amides is 1. The lowest BCUT2D eigenvalue weighted by atomic mass is 10.0. The fourth-order valence-corrected chi connectivity index (χ4v) is 5.24. The summed E-state index contributed by atoms with van der Waals surface area (Å²) in [6.45, 7) is 6.33. The van der Waals surface area contributed by atoms with Gasteiger partial charge in [0, 0.05) is 62.9 Å². The Hall–Kier alpha value is -4.82. The van der Waals surface area contributed by atoms with Crippen molar-refractivity contribution in [3.8, 4) is 28.1 Å². The maximum absolute atomic E-state index is 13.7. The van der Waals surface area contributed by atoms with E-state index in [1.807, 2.05) is 72.9 Å². The van der Waals surface area contributed by atoms with Gasteiger partial charge in [0.05, 0.1) is 11.3 Å². The molecule has 8 heteroatoms. The van der Waals surface area contributed by atoms with Gasteiger partial charge in [0.1, 0.15) is 5.69 Å². The molecular weight excluding hydrogens is 510 g/mol. The van der Waals surface area contributed by atoms with Crippen LogP contribution in [0, 0.1) is 0 Å². The number of nitrogens with zero attached hydrogens (tertiary/aromatic N) is 6. The minimum Gasteiger partial charge on any atom is -0.348 e. The van der Waals surface area contributed by atoms with Gasteiger partial charge in [-0.15, -0.1) is 0 Å². The number of anilines is 1. The van der Waals surface area contributed by atoms with Crippen molar-refractivity contribution in [2.24, 2.45) is 0 Å². The molecule has 3 heterocycles. The summed E-state index contributed by atoms with van der Waals surface area (Å²) < 4.78 is 1.78. The molecule has 1 unspecified atom stereocenters. The summed E-state index contributed by atoms with van der Waals surface area (Å²) in [6.07, 6.45) is 5.38. The molecule has 8 nitrogen and oxygen atoms in total. The lowest BCUT2D eigenvalue weighted by Gasteiger charge is -2.35. The monoisotopic (exact) mass is 543 g/mol. The van der Waals surface area contributed by atoms with Crippen molar-refractivity contribution in [3.05, 3.63) is 115 Å². The summed E-state index contributed by atoms with van der Waals surface area (Å²) in [4.78, 5) is 27.0. The first-order valence-electron chi connectivity index (χ1n) is 14.0. The molecule has 1 N–H and O–H groups in total. The maximum atomic E-state index is 13.7. The number of hydrogen-bond acceptors (Lipinski definition) is 6. The van der Waals surface area contributed by atoms with Crippen LogP contribution in [0.1, 0.15) is 17.3 Å². The van der Waals surface area contributed by atoms with Crippen LogP contribution in [0.3, 0.4) is 0 Å². The molecule has 0 spiro atoms. The van der Waals surface area contributed by atoms with Gasteiger partial charge < -0.3 is 10.2 Å². The molecule has 206 valence electrons. The van der Waals surface area contributed by atoms with Crippen LogP contribution < -0.4 is 10.2 Å². The van der Waals surface area contributed by atoms with E-state index in [4.69, 9.17) is 5.10 Å². The number of carbonyl (C=O) groups excluding carboxylic acids is 1. The number of para-hydroxylation sites is 1. The van der Waals surface area contributed by atoms with Crippen LogP contribution in [0.2, 0.25) is 0 Å². The number of hydrogen-bond donors (Lipinski definition) is 1. The van der Waals surface area contributed by atoms with Crippen molar-refractivity contribution in [3.63, 3.8) is 0 Å². The number of piperazine rings is 1. The first-order chi connectivity index (χ1) is 20.1. The van der Waals surface area contributed by atoms with Crippen molar-refractivity contribution < 1.29 is 4.79 Å². The van der Waals surface area contributed by atoms with E-state index in [0.29, 0.717) is 11.3 Å². The molecule has 3 aromatic carbocycles. The van der Waals surface area contributed by atoms with Crippen LogP contribution >= 0.6 is 0 Å². The Labute approximate surface area is 240 Å². The Bertz CT molecular complexity index is 1560. The van der Waals surface area contributed by atoms with Crippen LogP contribution in [-0.2, 0) is 0 Å². The zero-order valence-electron chi connectivity index (χ0n) is 23.1. The first kappa shape index (κ1) is 26.4. The molecule has 1 aliphatic rings. The third-order valence-corrected chi connectivity index (χ3v) is 7.36. The Morgan fingerprint density at radius 3 is 2.07 bits per heavy atom. The molecule has 0 bridgehead atoms. The fourth-order valence-electron chi connectivity index (χ4n) is 5.24. The number of nitrogens with one attached hydrogen (secondary N) is 1. The van der Waals surface area contributed by atoms with Crippen LogP contribution in [-0.4, -0.2) is 69.3 Å². The molecule has 1 amide bonds. The van der Waals surface area contributed by atoms with Crippen molar-refractivity contribution in [1.82, 2.24) is 30.0 Å². The molecule has 1 saturated heterocycles. The number of benzene rings is 3. The summed E-state index contributed by atoms with van der Waals surface area (Å²) in [5.74, 6) is 0.645. The van der Waals surface area contributed by atoms with Crippen molar-refractivity contribution in [2.75, 3.05) is 37.6 Å². The zero-order valence-corrected chi connectivity index (χ0v) is 23.1. The van der Waals surface area contributed by atoms with Crippen LogP contribution in [0.5, 0.6) is 0 Å². The van der Waals surface area contributed by atoms with Crippen molar-refractivity contribution >= 4 is 11.9 Å². The predicted octanol–water partition coefficient (Wildman–Crippen LogP) is 4.94. The quantitative estimate of drug-likeness (QED) is 0.299. The van der Waals surface area contributed by atoms with E-state index in [1.54, 1.807) is 17.1 Å². The molecule has 2 aromatic heterocycles. The van der Waals surface area contributed by atoms with Crippen molar-refractivity contribution in [2.45, 2.75) is 13.0 Å². The van der Waals surface area contributed by atoms with E-state index in [1.165, 1.54) is 0 Å². The number of aromatic nitrogens is 4. The highest BCUT2D eigenvalue weighted by Crippen LogP contribution is 2.27. The van der Waals surface area contributed by atoms with E-state index in [2.05, 4.69) is 56.3 Å². The fraction of sp³-hybridized carbons (Fsp3) is 0.212. The third-order valence-electron chi connectivity index (χ3n) is 7.36. The second-order valence-electron chi connectivity index (χ2n) is 10.3. The van der Waals surface area contributed by atoms with Crippen LogP contribution in [0.25, 0.3) is 28.1 Å². The van der Waals surface area contributed by atoms with Gasteiger partial charge in [-0.1, -0.05) is 72.8 Å². The van der Waals surface area contributed by atoms with Gasteiger partial charge in [0.25, 0.3) is 5.91 Å². The lowest BCUT2D eigenvalue weighted by molar-refractivity contribution is 0.0928.